The Morgan fingerprint density at radius 1 is 1.42 bits per heavy atom. The molecular weight excluding hydrogens is 311 g/mol. The molecule has 2 amide bonds. The van der Waals surface area contributed by atoms with Crippen molar-refractivity contribution in [3.05, 3.63) is 24.3 Å². The van der Waals surface area contributed by atoms with Crippen molar-refractivity contribution in [3.63, 3.8) is 0 Å². The maximum atomic E-state index is 13.9. The summed E-state index contributed by atoms with van der Waals surface area (Å²) in [4.78, 5) is 27.2. The molecule has 0 aromatic rings. The monoisotopic (exact) mass is 340 g/mol. The first-order chi connectivity index (χ1) is 11.1. The van der Waals surface area contributed by atoms with E-state index in [4.69, 9.17) is 4.74 Å². The highest BCUT2D eigenvalue weighted by Gasteiger charge is 2.38. The highest BCUT2D eigenvalue weighted by Crippen LogP contribution is 2.24. The summed E-state index contributed by atoms with van der Waals surface area (Å²) in [5.74, 6) is -0.123. The van der Waals surface area contributed by atoms with E-state index in [2.05, 4.69) is 6.58 Å². The predicted octanol–water partition coefficient (Wildman–Crippen LogP) is 3.31. The summed E-state index contributed by atoms with van der Waals surface area (Å²) >= 11 is 0. The molecule has 2 atom stereocenters. The number of carbonyl (C=O) groups is 2. The molecule has 0 radical (unpaired) electrons. The molecule has 1 heterocycles. The van der Waals surface area contributed by atoms with Crippen LogP contribution in [0.5, 0.6) is 0 Å². The lowest BCUT2D eigenvalue weighted by Gasteiger charge is -2.32. The normalized spacial score (nSPS) is 21.6. The Hall–Kier alpha value is -1.85. The van der Waals surface area contributed by atoms with Gasteiger partial charge in [-0.2, -0.15) is 0 Å². The van der Waals surface area contributed by atoms with E-state index >= 15 is 0 Å². The molecule has 24 heavy (non-hydrogen) atoms. The van der Waals surface area contributed by atoms with E-state index in [9.17, 15) is 14.0 Å². The molecule has 1 aliphatic rings. The van der Waals surface area contributed by atoms with Crippen molar-refractivity contribution in [2.75, 3.05) is 19.6 Å². The van der Waals surface area contributed by atoms with Gasteiger partial charge in [-0.1, -0.05) is 18.7 Å². The number of nitrogens with zero attached hydrogens (tertiary/aromatic N) is 2. The summed E-state index contributed by atoms with van der Waals surface area (Å²) in [6.07, 6.45) is 2.14. The number of alkyl halides is 1. The molecule has 0 aliphatic carbocycles. The number of hydrogen-bond acceptors (Lipinski definition) is 3. The molecule has 1 saturated heterocycles. The van der Waals surface area contributed by atoms with Crippen LogP contribution < -0.4 is 0 Å². The summed E-state index contributed by atoms with van der Waals surface area (Å²) in [6.45, 7) is 13.0. The standard InChI is InChI=1S/C18H29FN2O3/c1-7-14(8-2)10-20(13(3)22)12-16-9-15(19)11-21(16)17(23)24-18(4,5)6/h7-8,15-16H,1,9-12H2,2-6H3/b14-8+/t15-,16-/m0/s1. The fourth-order valence-corrected chi connectivity index (χ4v) is 2.63. The molecule has 1 rings (SSSR count). The highest BCUT2D eigenvalue weighted by atomic mass is 19.1. The van der Waals surface area contributed by atoms with Crippen molar-refractivity contribution >= 4 is 12.0 Å². The van der Waals surface area contributed by atoms with E-state index in [-0.39, 0.29) is 31.5 Å². The Labute approximate surface area is 144 Å². The van der Waals surface area contributed by atoms with E-state index in [1.165, 1.54) is 11.8 Å². The lowest BCUT2D eigenvalue weighted by atomic mass is 10.1. The van der Waals surface area contributed by atoms with Crippen LogP contribution in [-0.4, -0.2) is 59.2 Å². The van der Waals surface area contributed by atoms with Gasteiger partial charge in [0.05, 0.1) is 12.6 Å². The fourth-order valence-electron chi connectivity index (χ4n) is 2.63. The summed E-state index contributed by atoms with van der Waals surface area (Å²) in [6, 6.07) is -0.387. The van der Waals surface area contributed by atoms with E-state index < -0.39 is 17.9 Å². The number of likely N-dealkylation sites (tertiary alicyclic amines) is 1. The van der Waals surface area contributed by atoms with E-state index in [0.29, 0.717) is 6.54 Å². The molecule has 0 aromatic carbocycles. The zero-order chi connectivity index (χ0) is 18.5. The first kappa shape index (κ1) is 20.2. The quantitative estimate of drug-likeness (QED) is 0.722. The highest BCUT2D eigenvalue weighted by molar-refractivity contribution is 5.74. The zero-order valence-corrected chi connectivity index (χ0v) is 15.3. The number of allylic oxidation sites excluding steroid dienone is 1. The van der Waals surface area contributed by atoms with Gasteiger partial charge in [0, 0.05) is 26.4 Å². The second-order valence-corrected chi connectivity index (χ2v) is 7.09. The van der Waals surface area contributed by atoms with Crippen LogP contribution in [0, 0.1) is 0 Å². The summed E-state index contributed by atoms with van der Waals surface area (Å²) in [5, 5.41) is 0. The molecule has 6 heteroatoms. The molecule has 1 aliphatic heterocycles. The van der Waals surface area contributed by atoms with Gasteiger partial charge in [-0.3, -0.25) is 4.79 Å². The predicted molar refractivity (Wildman–Crippen MR) is 92.4 cm³/mol. The largest absolute Gasteiger partial charge is 0.444 e. The third-order valence-electron chi connectivity index (χ3n) is 3.87. The Kier molecular flexibility index (Phi) is 6.99. The maximum absolute atomic E-state index is 13.9. The average molecular weight is 340 g/mol. The summed E-state index contributed by atoms with van der Waals surface area (Å²) < 4.78 is 19.2. The number of ether oxygens (including phenoxy) is 1. The second kappa shape index (κ2) is 8.31. The lowest BCUT2D eigenvalue weighted by Crippen LogP contribution is -2.46. The molecule has 5 nitrogen and oxygen atoms in total. The average Bonchev–Trinajstić information content (AvgIpc) is 2.82. The van der Waals surface area contributed by atoms with Crippen LogP contribution in [0.2, 0.25) is 0 Å². The first-order valence-corrected chi connectivity index (χ1v) is 8.24. The Bertz CT molecular complexity index is 511. The van der Waals surface area contributed by atoms with E-state index in [0.717, 1.165) is 5.57 Å². The van der Waals surface area contributed by atoms with Gasteiger partial charge in [0.2, 0.25) is 5.91 Å². The zero-order valence-electron chi connectivity index (χ0n) is 15.3. The molecule has 1 fully saturated rings. The van der Waals surface area contributed by atoms with Gasteiger partial charge in [0.1, 0.15) is 11.8 Å². The number of rotatable bonds is 5. The second-order valence-electron chi connectivity index (χ2n) is 7.09. The molecule has 0 N–H and O–H groups in total. The van der Waals surface area contributed by atoms with Gasteiger partial charge in [0.25, 0.3) is 0 Å². The maximum Gasteiger partial charge on any atom is 0.410 e. The molecular formula is C18H29FN2O3. The van der Waals surface area contributed by atoms with Crippen LogP contribution in [0.4, 0.5) is 9.18 Å². The molecule has 0 bridgehead atoms. The van der Waals surface area contributed by atoms with Crippen molar-refractivity contribution in [2.45, 2.75) is 58.9 Å². The minimum Gasteiger partial charge on any atom is -0.444 e. The molecule has 0 unspecified atom stereocenters. The molecule has 0 saturated carbocycles. The van der Waals surface area contributed by atoms with Crippen LogP contribution >= 0.6 is 0 Å². The molecule has 0 aromatic heterocycles. The first-order valence-electron chi connectivity index (χ1n) is 8.24. The Balaban J connectivity index is 2.85. The summed E-state index contributed by atoms with van der Waals surface area (Å²) in [5.41, 5.74) is 0.265. The van der Waals surface area contributed by atoms with Gasteiger partial charge in [-0.05, 0) is 33.3 Å². The minimum atomic E-state index is -1.10. The number of hydrogen-bond donors (Lipinski definition) is 0. The van der Waals surface area contributed by atoms with Gasteiger partial charge in [-0.15, -0.1) is 0 Å². The third-order valence-corrected chi connectivity index (χ3v) is 3.87. The van der Waals surface area contributed by atoms with E-state index in [1.807, 2.05) is 13.0 Å². The number of carbonyl (C=O) groups excluding carboxylic acids is 2. The Morgan fingerprint density at radius 3 is 2.50 bits per heavy atom. The lowest BCUT2D eigenvalue weighted by molar-refractivity contribution is -0.129. The van der Waals surface area contributed by atoms with Crippen LogP contribution in [0.15, 0.2) is 24.3 Å². The number of halogens is 1. The minimum absolute atomic E-state index is 0.00323. The van der Waals surface area contributed by atoms with Crippen molar-refractivity contribution in [1.29, 1.82) is 0 Å². The SMILES string of the molecule is C=C/C(=C\C)CN(C[C@@H]1C[C@H](F)CN1C(=O)OC(C)(C)C)C(C)=O. The van der Waals surface area contributed by atoms with E-state index in [1.54, 1.807) is 31.7 Å². The van der Waals surface area contributed by atoms with Crippen LogP contribution in [-0.2, 0) is 9.53 Å². The van der Waals surface area contributed by atoms with Crippen LogP contribution in [0.25, 0.3) is 0 Å². The topological polar surface area (TPSA) is 49.9 Å². The molecule has 136 valence electrons. The Morgan fingerprint density at radius 2 is 2.04 bits per heavy atom. The van der Waals surface area contributed by atoms with Crippen molar-refractivity contribution in [1.82, 2.24) is 9.80 Å². The smallest absolute Gasteiger partial charge is 0.410 e. The van der Waals surface area contributed by atoms with Gasteiger partial charge >= 0.3 is 6.09 Å². The van der Waals surface area contributed by atoms with Crippen LogP contribution in [0.1, 0.15) is 41.0 Å². The van der Waals surface area contributed by atoms with Crippen LogP contribution in [0.3, 0.4) is 0 Å². The fraction of sp³-hybridized carbons (Fsp3) is 0.667. The number of amides is 2. The van der Waals surface area contributed by atoms with Gasteiger partial charge in [0.15, 0.2) is 0 Å². The van der Waals surface area contributed by atoms with Crippen molar-refractivity contribution < 1.29 is 18.7 Å². The summed E-state index contributed by atoms with van der Waals surface area (Å²) in [7, 11) is 0. The van der Waals surface area contributed by atoms with Gasteiger partial charge in [-0.25, -0.2) is 9.18 Å². The van der Waals surface area contributed by atoms with Crippen molar-refractivity contribution in [2.24, 2.45) is 0 Å². The van der Waals surface area contributed by atoms with Crippen molar-refractivity contribution in [3.8, 4) is 0 Å². The van der Waals surface area contributed by atoms with Gasteiger partial charge < -0.3 is 14.5 Å². The third kappa shape index (κ3) is 5.98. The molecule has 0 spiro atoms.